The predicted octanol–water partition coefficient (Wildman–Crippen LogP) is -0.610. The fourth-order valence-corrected chi connectivity index (χ4v) is 1.76. The summed E-state index contributed by atoms with van der Waals surface area (Å²) in [5, 5.41) is 13.6. The SMILES string of the molecule is CNC(=O)c1cn(C[C@H]2CCCN2)nn1. The molecular formula is C9H15N5O. The highest BCUT2D eigenvalue weighted by Crippen LogP contribution is 2.06. The molecule has 1 aliphatic heterocycles. The summed E-state index contributed by atoms with van der Waals surface area (Å²) in [5.41, 5.74) is 0.371. The van der Waals surface area contributed by atoms with Crippen molar-refractivity contribution in [2.45, 2.75) is 25.4 Å². The maximum absolute atomic E-state index is 11.2. The number of nitrogens with zero attached hydrogens (tertiary/aromatic N) is 3. The standard InChI is InChI=1S/C9H15N5O/c1-10-9(15)8-6-14(13-12-8)5-7-3-2-4-11-7/h6-7,11H,2-5H2,1H3,(H,10,15)/t7-/m1/s1. The van der Waals surface area contributed by atoms with Gasteiger partial charge in [0.1, 0.15) is 0 Å². The van der Waals surface area contributed by atoms with Crippen LogP contribution < -0.4 is 10.6 Å². The molecule has 0 bridgehead atoms. The van der Waals surface area contributed by atoms with E-state index in [0.29, 0.717) is 11.7 Å². The Hall–Kier alpha value is -1.43. The van der Waals surface area contributed by atoms with Crippen LogP contribution >= 0.6 is 0 Å². The van der Waals surface area contributed by atoms with Crippen molar-refractivity contribution in [3.8, 4) is 0 Å². The Morgan fingerprint density at radius 2 is 2.67 bits per heavy atom. The maximum Gasteiger partial charge on any atom is 0.273 e. The summed E-state index contributed by atoms with van der Waals surface area (Å²) in [4.78, 5) is 11.2. The molecule has 1 aliphatic rings. The highest BCUT2D eigenvalue weighted by Gasteiger charge is 2.16. The van der Waals surface area contributed by atoms with Crippen LogP contribution in [0.3, 0.4) is 0 Å². The normalized spacial score (nSPS) is 20.5. The maximum atomic E-state index is 11.2. The van der Waals surface area contributed by atoms with Crippen molar-refractivity contribution in [3.05, 3.63) is 11.9 Å². The smallest absolute Gasteiger partial charge is 0.273 e. The van der Waals surface area contributed by atoms with Gasteiger partial charge in [0.15, 0.2) is 5.69 Å². The Bertz CT molecular complexity index is 342. The van der Waals surface area contributed by atoms with Crippen LogP contribution in [-0.4, -0.2) is 40.5 Å². The number of nitrogens with one attached hydrogen (secondary N) is 2. The minimum absolute atomic E-state index is 0.194. The average Bonchev–Trinajstić information content (AvgIpc) is 2.88. The van der Waals surface area contributed by atoms with E-state index >= 15 is 0 Å². The van der Waals surface area contributed by atoms with Gasteiger partial charge >= 0.3 is 0 Å². The van der Waals surface area contributed by atoms with Crippen LogP contribution in [0.5, 0.6) is 0 Å². The van der Waals surface area contributed by atoms with Crippen LogP contribution in [0.4, 0.5) is 0 Å². The molecule has 15 heavy (non-hydrogen) atoms. The molecule has 6 nitrogen and oxygen atoms in total. The van der Waals surface area contributed by atoms with Crippen LogP contribution in [0.15, 0.2) is 6.20 Å². The van der Waals surface area contributed by atoms with Crippen molar-refractivity contribution in [1.82, 2.24) is 25.6 Å². The van der Waals surface area contributed by atoms with Gasteiger partial charge < -0.3 is 10.6 Å². The molecule has 2 N–H and O–H groups in total. The summed E-state index contributed by atoms with van der Waals surface area (Å²) >= 11 is 0. The Balaban J connectivity index is 1.97. The van der Waals surface area contributed by atoms with Gasteiger partial charge in [-0.25, -0.2) is 0 Å². The van der Waals surface area contributed by atoms with Crippen molar-refractivity contribution in [2.24, 2.45) is 0 Å². The average molecular weight is 209 g/mol. The first-order valence-corrected chi connectivity index (χ1v) is 5.15. The van der Waals surface area contributed by atoms with Gasteiger partial charge in [-0.05, 0) is 19.4 Å². The van der Waals surface area contributed by atoms with E-state index < -0.39 is 0 Å². The van der Waals surface area contributed by atoms with E-state index in [0.717, 1.165) is 19.5 Å². The molecule has 1 atom stereocenters. The first-order chi connectivity index (χ1) is 7.29. The van der Waals surface area contributed by atoms with E-state index in [-0.39, 0.29) is 5.91 Å². The highest BCUT2D eigenvalue weighted by atomic mass is 16.1. The molecule has 1 amide bonds. The van der Waals surface area contributed by atoms with Crippen molar-refractivity contribution in [3.63, 3.8) is 0 Å². The van der Waals surface area contributed by atoms with E-state index in [9.17, 15) is 4.79 Å². The Kier molecular flexibility index (Phi) is 2.96. The lowest BCUT2D eigenvalue weighted by Gasteiger charge is -2.08. The molecule has 0 saturated carbocycles. The molecule has 2 rings (SSSR count). The quantitative estimate of drug-likeness (QED) is 0.696. The van der Waals surface area contributed by atoms with Crippen LogP contribution in [-0.2, 0) is 6.54 Å². The minimum atomic E-state index is -0.194. The van der Waals surface area contributed by atoms with Crippen molar-refractivity contribution >= 4 is 5.91 Å². The molecule has 1 fully saturated rings. The lowest BCUT2D eigenvalue weighted by atomic mass is 10.2. The third-order valence-corrected chi connectivity index (χ3v) is 2.57. The number of carbonyl (C=O) groups excluding carboxylic acids is 1. The molecule has 6 heteroatoms. The monoisotopic (exact) mass is 209 g/mol. The van der Waals surface area contributed by atoms with Gasteiger partial charge in [-0.2, -0.15) is 0 Å². The largest absolute Gasteiger partial charge is 0.354 e. The van der Waals surface area contributed by atoms with Gasteiger partial charge in [-0.1, -0.05) is 5.21 Å². The fourth-order valence-electron chi connectivity index (χ4n) is 1.76. The highest BCUT2D eigenvalue weighted by molar-refractivity contribution is 5.91. The zero-order valence-corrected chi connectivity index (χ0v) is 8.73. The van der Waals surface area contributed by atoms with Gasteiger partial charge in [0.05, 0.1) is 12.7 Å². The fraction of sp³-hybridized carbons (Fsp3) is 0.667. The zero-order chi connectivity index (χ0) is 10.7. The van der Waals surface area contributed by atoms with E-state index in [1.165, 1.54) is 6.42 Å². The van der Waals surface area contributed by atoms with Crippen LogP contribution in [0, 0.1) is 0 Å². The molecule has 0 radical (unpaired) electrons. The number of amides is 1. The summed E-state index contributed by atoms with van der Waals surface area (Å²) in [5.74, 6) is -0.194. The lowest BCUT2D eigenvalue weighted by Crippen LogP contribution is -2.27. The summed E-state index contributed by atoms with van der Waals surface area (Å²) in [6.07, 6.45) is 4.05. The second kappa shape index (κ2) is 4.39. The number of hydrogen-bond acceptors (Lipinski definition) is 4. The number of hydrogen-bond donors (Lipinski definition) is 2. The minimum Gasteiger partial charge on any atom is -0.354 e. The molecule has 0 aliphatic carbocycles. The second-order valence-electron chi connectivity index (χ2n) is 3.70. The Morgan fingerprint density at radius 1 is 1.80 bits per heavy atom. The van der Waals surface area contributed by atoms with Crippen molar-refractivity contribution in [2.75, 3.05) is 13.6 Å². The van der Waals surface area contributed by atoms with E-state index in [1.807, 2.05) is 0 Å². The molecule has 0 unspecified atom stereocenters. The van der Waals surface area contributed by atoms with Gasteiger partial charge in [0.2, 0.25) is 0 Å². The molecule has 0 aromatic carbocycles. The summed E-state index contributed by atoms with van der Waals surface area (Å²) in [7, 11) is 1.58. The van der Waals surface area contributed by atoms with E-state index in [1.54, 1.807) is 17.9 Å². The summed E-state index contributed by atoms with van der Waals surface area (Å²) < 4.78 is 1.72. The molecule has 1 aromatic heterocycles. The third kappa shape index (κ3) is 2.33. The first-order valence-electron chi connectivity index (χ1n) is 5.15. The Labute approximate surface area is 88.0 Å². The summed E-state index contributed by atoms with van der Waals surface area (Å²) in [6.45, 7) is 1.85. The molecule has 0 spiro atoms. The number of carbonyl (C=O) groups is 1. The van der Waals surface area contributed by atoms with Gasteiger partial charge in [0, 0.05) is 13.1 Å². The Morgan fingerprint density at radius 3 is 3.33 bits per heavy atom. The summed E-state index contributed by atoms with van der Waals surface area (Å²) in [6, 6.07) is 0.462. The third-order valence-electron chi connectivity index (χ3n) is 2.57. The predicted molar refractivity (Wildman–Crippen MR) is 54.4 cm³/mol. The number of rotatable bonds is 3. The zero-order valence-electron chi connectivity index (χ0n) is 8.73. The first kappa shape index (κ1) is 10.1. The van der Waals surface area contributed by atoms with Gasteiger partial charge in [-0.3, -0.25) is 9.48 Å². The van der Waals surface area contributed by atoms with Gasteiger partial charge in [0.25, 0.3) is 5.91 Å². The van der Waals surface area contributed by atoms with Crippen LogP contribution in [0.25, 0.3) is 0 Å². The van der Waals surface area contributed by atoms with Crippen molar-refractivity contribution < 1.29 is 4.79 Å². The van der Waals surface area contributed by atoms with E-state index in [4.69, 9.17) is 0 Å². The van der Waals surface area contributed by atoms with Crippen molar-refractivity contribution in [1.29, 1.82) is 0 Å². The second-order valence-corrected chi connectivity index (χ2v) is 3.70. The number of aromatic nitrogens is 3. The molecular weight excluding hydrogens is 194 g/mol. The molecule has 1 aromatic rings. The van der Waals surface area contributed by atoms with Gasteiger partial charge in [-0.15, -0.1) is 5.10 Å². The van der Waals surface area contributed by atoms with Crippen LogP contribution in [0.1, 0.15) is 23.3 Å². The van der Waals surface area contributed by atoms with E-state index in [2.05, 4.69) is 20.9 Å². The topological polar surface area (TPSA) is 71.8 Å². The molecule has 2 heterocycles. The van der Waals surface area contributed by atoms with Crippen LogP contribution in [0.2, 0.25) is 0 Å². The molecule has 82 valence electrons. The lowest BCUT2D eigenvalue weighted by molar-refractivity contribution is 0.0958. The molecule has 1 saturated heterocycles.